The standard InChI is InChI=1S/C66H124O6/c1-4-7-10-13-16-19-22-24-26-28-30-32-33-35-36-38-40-42-44-47-50-53-56-59-65(68)71-62-63(61-70-64(67)58-55-52-49-46-21-18-15-12-9-6-3)72-66(69)60-57-54-51-48-45-43-41-39-37-34-31-29-27-25-23-20-17-14-11-8-5-2/h12,15,29,31,63H,4-11,13-14,16-28,30,32-62H2,1-3H3/b15-12-,31-29-. The lowest BCUT2D eigenvalue weighted by Crippen LogP contribution is -2.30. The van der Waals surface area contributed by atoms with Crippen molar-refractivity contribution in [1.29, 1.82) is 0 Å². The molecule has 0 fully saturated rings. The SMILES string of the molecule is CCC/C=C\CCCCCCCC(=O)OCC(COC(=O)CCCCCCCCCCCCCCCCCCCCCCCCC)OC(=O)CCCCCCCCCCC/C=C\CCCCCCCCCC. The Labute approximate surface area is 449 Å². The molecule has 6 heteroatoms. The highest BCUT2D eigenvalue weighted by molar-refractivity contribution is 5.71. The lowest BCUT2D eigenvalue weighted by molar-refractivity contribution is -0.167. The quantitative estimate of drug-likeness (QED) is 0.0261. The van der Waals surface area contributed by atoms with Gasteiger partial charge in [-0.1, -0.05) is 302 Å². The molecule has 424 valence electrons. The average Bonchev–Trinajstić information content (AvgIpc) is 3.38. The molecule has 1 unspecified atom stereocenters. The molecule has 0 saturated carbocycles. The van der Waals surface area contributed by atoms with Gasteiger partial charge < -0.3 is 14.2 Å². The molecule has 0 aliphatic heterocycles. The minimum atomic E-state index is -0.772. The highest BCUT2D eigenvalue weighted by Gasteiger charge is 2.19. The van der Waals surface area contributed by atoms with Crippen LogP contribution in [0.5, 0.6) is 0 Å². The van der Waals surface area contributed by atoms with Gasteiger partial charge in [0.2, 0.25) is 0 Å². The maximum Gasteiger partial charge on any atom is 0.306 e. The number of hydrogen-bond acceptors (Lipinski definition) is 6. The van der Waals surface area contributed by atoms with Crippen LogP contribution in [0.3, 0.4) is 0 Å². The number of esters is 3. The summed E-state index contributed by atoms with van der Waals surface area (Å²) < 4.78 is 16.9. The summed E-state index contributed by atoms with van der Waals surface area (Å²) in [5, 5.41) is 0. The molecule has 0 aromatic carbocycles. The van der Waals surface area contributed by atoms with Crippen molar-refractivity contribution < 1.29 is 28.6 Å². The van der Waals surface area contributed by atoms with Crippen LogP contribution >= 0.6 is 0 Å². The van der Waals surface area contributed by atoms with Gasteiger partial charge in [-0.25, -0.2) is 0 Å². The van der Waals surface area contributed by atoms with E-state index in [4.69, 9.17) is 14.2 Å². The van der Waals surface area contributed by atoms with Crippen LogP contribution in [0.1, 0.15) is 361 Å². The van der Waals surface area contributed by atoms with E-state index < -0.39 is 6.10 Å². The second kappa shape index (κ2) is 61.4. The minimum absolute atomic E-state index is 0.0699. The zero-order valence-corrected chi connectivity index (χ0v) is 48.7. The summed E-state index contributed by atoms with van der Waals surface area (Å²) in [6.07, 6.45) is 73.5. The van der Waals surface area contributed by atoms with E-state index in [1.807, 2.05) is 0 Å². The van der Waals surface area contributed by atoms with Crippen LogP contribution in [0, 0.1) is 0 Å². The Bertz CT molecular complexity index is 1160. The molecule has 0 amide bonds. The average molecular weight is 1010 g/mol. The van der Waals surface area contributed by atoms with Gasteiger partial charge in [-0.05, 0) is 64.2 Å². The highest BCUT2D eigenvalue weighted by atomic mass is 16.6. The molecule has 0 radical (unpaired) electrons. The van der Waals surface area contributed by atoms with Crippen molar-refractivity contribution in [3.8, 4) is 0 Å². The van der Waals surface area contributed by atoms with Gasteiger partial charge in [0.15, 0.2) is 6.10 Å². The van der Waals surface area contributed by atoms with Crippen molar-refractivity contribution in [2.75, 3.05) is 13.2 Å². The summed E-state index contributed by atoms with van der Waals surface area (Å²) in [5.41, 5.74) is 0. The number of hydrogen-bond donors (Lipinski definition) is 0. The second-order valence-electron chi connectivity index (χ2n) is 22.0. The first-order valence-electron chi connectivity index (χ1n) is 32.3. The second-order valence-corrected chi connectivity index (χ2v) is 22.0. The highest BCUT2D eigenvalue weighted by Crippen LogP contribution is 2.18. The third-order valence-corrected chi connectivity index (χ3v) is 14.7. The Hall–Kier alpha value is -2.11. The first kappa shape index (κ1) is 69.9. The zero-order valence-electron chi connectivity index (χ0n) is 48.7. The Morgan fingerprint density at radius 1 is 0.264 bits per heavy atom. The normalized spacial score (nSPS) is 12.1. The van der Waals surface area contributed by atoms with Crippen LogP contribution in [0.15, 0.2) is 24.3 Å². The molecule has 0 saturated heterocycles. The van der Waals surface area contributed by atoms with Crippen LogP contribution in [0.4, 0.5) is 0 Å². The molecule has 0 aromatic heterocycles. The summed E-state index contributed by atoms with van der Waals surface area (Å²) >= 11 is 0. The van der Waals surface area contributed by atoms with Gasteiger partial charge >= 0.3 is 17.9 Å². The van der Waals surface area contributed by atoms with Gasteiger partial charge in [0.05, 0.1) is 0 Å². The van der Waals surface area contributed by atoms with Crippen LogP contribution in [-0.4, -0.2) is 37.2 Å². The predicted octanol–water partition coefficient (Wildman–Crippen LogP) is 21.8. The first-order chi connectivity index (χ1) is 35.5. The molecule has 0 rings (SSSR count). The molecule has 0 aliphatic carbocycles. The first-order valence-corrected chi connectivity index (χ1v) is 32.3. The summed E-state index contributed by atoms with van der Waals surface area (Å²) in [5.74, 6) is -0.859. The van der Waals surface area contributed by atoms with Gasteiger partial charge in [0, 0.05) is 19.3 Å². The van der Waals surface area contributed by atoms with Crippen molar-refractivity contribution in [2.45, 2.75) is 367 Å². The van der Waals surface area contributed by atoms with E-state index in [0.29, 0.717) is 19.3 Å². The van der Waals surface area contributed by atoms with Crippen LogP contribution in [0.25, 0.3) is 0 Å². The third-order valence-electron chi connectivity index (χ3n) is 14.7. The maximum absolute atomic E-state index is 12.9. The van der Waals surface area contributed by atoms with Crippen molar-refractivity contribution in [3.63, 3.8) is 0 Å². The fourth-order valence-electron chi connectivity index (χ4n) is 9.80. The summed E-state index contributed by atoms with van der Waals surface area (Å²) in [6, 6.07) is 0. The Kier molecular flexibility index (Phi) is 59.6. The molecule has 6 nitrogen and oxygen atoms in total. The Morgan fingerprint density at radius 2 is 0.486 bits per heavy atom. The summed E-state index contributed by atoms with van der Waals surface area (Å²) in [7, 11) is 0. The van der Waals surface area contributed by atoms with Crippen molar-refractivity contribution in [1.82, 2.24) is 0 Å². The van der Waals surface area contributed by atoms with Crippen LogP contribution in [-0.2, 0) is 28.6 Å². The monoisotopic (exact) mass is 1010 g/mol. The molecular formula is C66H124O6. The van der Waals surface area contributed by atoms with Crippen LogP contribution in [0.2, 0.25) is 0 Å². The van der Waals surface area contributed by atoms with Gasteiger partial charge in [-0.2, -0.15) is 0 Å². The Balaban J connectivity index is 4.19. The van der Waals surface area contributed by atoms with Gasteiger partial charge in [0.1, 0.15) is 13.2 Å². The smallest absolute Gasteiger partial charge is 0.306 e. The van der Waals surface area contributed by atoms with E-state index in [9.17, 15) is 14.4 Å². The topological polar surface area (TPSA) is 78.9 Å². The zero-order chi connectivity index (χ0) is 52.2. The van der Waals surface area contributed by atoms with E-state index in [1.165, 1.54) is 250 Å². The Morgan fingerprint density at radius 3 is 0.750 bits per heavy atom. The molecule has 0 N–H and O–H groups in total. The van der Waals surface area contributed by atoms with E-state index in [2.05, 4.69) is 45.1 Å². The molecule has 1 atom stereocenters. The molecule has 0 heterocycles. The van der Waals surface area contributed by atoms with E-state index in [1.54, 1.807) is 0 Å². The van der Waals surface area contributed by atoms with Crippen LogP contribution < -0.4 is 0 Å². The molecule has 0 spiro atoms. The van der Waals surface area contributed by atoms with Crippen molar-refractivity contribution in [3.05, 3.63) is 24.3 Å². The molecule has 0 aromatic rings. The number of unbranched alkanes of at least 4 members (excludes halogenated alkanes) is 45. The third kappa shape index (κ3) is 58.8. The lowest BCUT2D eigenvalue weighted by Gasteiger charge is -2.18. The fourth-order valence-corrected chi connectivity index (χ4v) is 9.80. The molecule has 0 bridgehead atoms. The number of ether oxygens (including phenoxy) is 3. The lowest BCUT2D eigenvalue weighted by atomic mass is 10.0. The molecule has 0 aliphatic rings. The molecule has 72 heavy (non-hydrogen) atoms. The van der Waals surface area contributed by atoms with Gasteiger partial charge in [-0.3, -0.25) is 14.4 Å². The maximum atomic E-state index is 12.9. The largest absolute Gasteiger partial charge is 0.462 e. The number of carbonyl (C=O) groups excluding carboxylic acids is 3. The minimum Gasteiger partial charge on any atom is -0.462 e. The summed E-state index contributed by atoms with van der Waals surface area (Å²) in [4.78, 5) is 38.2. The van der Waals surface area contributed by atoms with E-state index in [-0.39, 0.29) is 31.1 Å². The summed E-state index contributed by atoms with van der Waals surface area (Å²) in [6.45, 7) is 6.63. The van der Waals surface area contributed by atoms with Gasteiger partial charge in [0.25, 0.3) is 0 Å². The van der Waals surface area contributed by atoms with Crippen molar-refractivity contribution in [2.24, 2.45) is 0 Å². The number of carbonyl (C=O) groups is 3. The van der Waals surface area contributed by atoms with E-state index >= 15 is 0 Å². The predicted molar refractivity (Wildman–Crippen MR) is 312 cm³/mol. The number of rotatable bonds is 60. The molecular weight excluding hydrogens is 889 g/mol. The van der Waals surface area contributed by atoms with E-state index in [0.717, 1.165) is 70.6 Å². The fraction of sp³-hybridized carbons (Fsp3) is 0.894. The van der Waals surface area contributed by atoms with Gasteiger partial charge in [-0.15, -0.1) is 0 Å². The number of allylic oxidation sites excluding steroid dienone is 4. The van der Waals surface area contributed by atoms with Crippen molar-refractivity contribution >= 4 is 17.9 Å².